The lowest BCUT2D eigenvalue weighted by Crippen LogP contribution is -2.37. The summed E-state index contributed by atoms with van der Waals surface area (Å²) >= 11 is 5.62. The number of aryl methyl sites for hydroxylation is 1. The van der Waals surface area contributed by atoms with Gasteiger partial charge in [0.15, 0.2) is 0 Å². The fourth-order valence-electron chi connectivity index (χ4n) is 1.84. The van der Waals surface area contributed by atoms with Crippen molar-refractivity contribution in [3.63, 3.8) is 0 Å². The van der Waals surface area contributed by atoms with E-state index in [1.54, 1.807) is 6.92 Å². The van der Waals surface area contributed by atoms with Gasteiger partial charge in [0.05, 0.1) is 6.04 Å². The number of rotatable bonds is 2. The van der Waals surface area contributed by atoms with E-state index in [0.717, 1.165) is 15.7 Å². The molecule has 0 bridgehead atoms. The van der Waals surface area contributed by atoms with Crippen LogP contribution in [0.3, 0.4) is 0 Å². The van der Waals surface area contributed by atoms with Crippen molar-refractivity contribution in [2.45, 2.75) is 19.9 Å². The normalized spacial score (nSPS) is 12.4. The molecule has 0 saturated carbocycles. The highest BCUT2D eigenvalue weighted by atomic mass is 35.5. The molecule has 4 nitrogen and oxygen atoms in total. The number of nitrogens with zero attached hydrogens (tertiary/aromatic N) is 1. The summed E-state index contributed by atoms with van der Waals surface area (Å²) < 4.78 is 1.15. The average molecular weight is 265 g/mol. The third-order valence-electron chi connectivity index (χ3n) is 2.88. The molecule has 0 fully saturated rings. The Bertz CT molecular complexity index is 639. The average Bonchev–Trinajstić information content (AvgIpc) is 2.28. The lowest BCUT2D eigenvalue weighted by molar-refractivity contribution is 0.578. The zero-order valence-corrected chi connectivity index (χ0v) is 10.9. The summed E-state index contributed by atoms with van der Waals surface area (Å²) in [7, 11) is 0. The number of aromatic amines is 1. The van der Waals surface area contributed by atoms with Crippen LogP contribution in [0, 0.1) is 6.92 Å². The molecule has 1 aromatic carbocycles. The van der Waals surface area contributed by atoms with Gasteiger partial charge >= 0.3 is 5.69 Å². The first-order valence-electron chi connectivity index (χ1n) is 5.57. The maximum atomic E-state index is 11.8. The van der Waals surface area contributed by atoms with Crippen LogP contribution in [0.2, 0.25) is 5.15 Å². The van der Waals surface area contributed by atoms with Gasteiger partial charge in [0.2, 0.25) is 0 Å². The molecule has 2 rings (SSSR count). The number of hydrogen-bond donors (Lipinski definition) is 1. The largest absolute Gasteiger partial charge is 0.330 e. The zero-order valence-electron chi connectivity index (χ0n) is 10.1. The van der Waals surface area contributed by atoms with E-state index in [0.29, 0.717) is 0 Å². The Hall–Kier alpha value is -1.81. The lowest BCUT2D eigenvalue weighted by Gasteiger charge is -2.14. The molecule has 0 saturated heterocycles. The number of halogens is 1. The van der Waals surface area contributed by atoms with E-state index in [1.165, 1.54) is 6.07 Å². The van der Waals surface area contributed by atoms with Gasteiger partial charge in [-0.1, -0.05) is 41.4 Å². The van der Waals surface area contributed by atoms with Gasteiger partial charge in [0, 0.05) is 6.07 Å². The highest BCUT2D eigenvalue weighted by Gasteiger charge is 2.12. The van der Waals surface area contributed by atoms with Gasteiger partial charge < -0.3 is 0 Å². The summed E-state index contributed by atoms with van der Waals surface area (Å²) in [4.78, 5) is 26.0. The Labute approximate surface area is 109 Å². The molecule has 2 aromatic rings. The van der Waals surface area contributed by atoms with Crippen LogP contribution in [-0.4, -0.2) is 9.55 Å². The van der Waals surface area contributed by atoms with Gasteiger partial charge in [-0.3, -0.25) is 14.3 Å². The standard InChI is InChI=1S/C13H13ClN2O2/c1-8-3-5-10(6-4-8)9(2)16-12(17)7-11(14)15-13(16)18/h3-7,9H,1-2H3,(H,15,18). The van der Waals surface area contributed by atoms with E-state index in [9.17, 15) is 9.59 Å². The molecule has 1 unspecified atom stereocenters. The van der Waals surface area contributed by atoms with Crippen molar-refractivity contribution in [3.8, 4) is 0 Å². The minimum absolute atomic E-state index is 0.0531. The topological polar surface area (TPSA) is 54.9 Å². The minimum Gasteiger partial charge on any atom is -0.298 e. The molecule has 0 spiro atoms. The molecule has 1 N–H and O–H groups in total. The zero-order chi connectivity index (χ0) is 13.3. The second kappa shape index (κ2) is 4.82. The summed E-state index contributed by atoms with van der Waals surface area (Å²) in [5.41, 5.74) is 1.12. The van der Waals surface area contributed by atoms with E-state index in [2.05, 4.69) is 4.98 Å². The number of H-pyrrole nitrogens is 1. The maximum Gasteiger partial charge on any atom is 0.330 e. The Morgan fingerprint density at radius 1 is 1.22 bits per heavy atom. The van der Waals surface area contributed by atoms with Gasteiger partial charge in [-0.2, -0.15) is 0 Å². The smallest absolute Gasteiger partial charge is 0.298 e. The van der Waals surface area contributed by atoms with Crippen molar-refractivity contribution in [2.24, 2.45) is 0 Å². The Morgan fingerprint density at radius 3 is 2.39 bits per heavy atom. The van der Waals surface area contributed by atoms with Crippen LogP contribution in [0.15, 0.2) is 39.9 Å². The van der Waals surface area contributed by atoms with Gasteiger partial charge in [-0.25, -0.2) is 4.79 Å². The third kappa shape index (κ3) is 2.38. The molecular formula is C13H13ClN2O2. The van der Waals surface area contributed by atoms with Crippen molar-refractivity contribution in [3.05, 3.63) is 67.4 Å². The minimum atomic E-state index is -0.499. The second-order valence-electron chi connectivity index (χ2n) is 4.22. The fraction of sp³-hybridized carbons (Fsp3) is 0.231. The highest BCUT2D eigenvalue weighted by Crippen LogP contribution is 2.15. The van der Waals surface area contributed by atoms with E-state index in [1.807, 2.05) is 31.2 Å². The van der Waals surface area contributed by atoms with E-state index in [-0.39, 0.29) is 11.2 Å². The van der Waals surface area contributed by atoms with Crippen LogP contribution < -0.4 is 11.2 Å². The maximum absolute atomic E-state index is 11.8. The summed E-state index contributed by atoms with van der Waals surface area (Å²) in [6.45, 7) is 3.78. The Morgan fingerprint density at radius 2 is 1.83 bits per heavy atom. The summed E-state index contributed by atoms with van der Waals surface area (Å²) in [5, 5.41) is 0.0531. The molecule has 5 heteroatoms. The molecule has 0 radical (unpaired) electrons. The lowest BCUT2D eigenvalue weighted by atomic mass is 10.1. The molecule has 18 heavy (non-hydrogen) atoms. The van der Waals surface area contributed by atoms with Crippen molar-refractivity contribution in [2.75, 3.05) is 0 Å². The molecule has 0 aliphatic heterocycles. The van der Waals surface area contributed by atoms with Crippen molar-refractivity contribution < 1.29 is 0 Å². The van der Waals surface area contributed by atoms with Gasteiger partial charge in [-0.05, 0) is 19.4 Å². The second-order valence-corrected chi connectivity index (χ2v) is 4.62. The van der Waals surface area contributed by atoms with Crippen LogP contribution in [0.25, 0.3) is 0 Å². The number of benzene rings is 1. The van der Waals surface area contributed by atoms with Gasteiger partial charge in [-0.15, -0.1) is 0 Å². The molecule has 1 aromatic heterocycles. The quantitative estimate of drug-likeness (QED) is 0.845. The molecular weight excluding hydrogens is 252 g/mol. The van der Waals surface area contributed by atoms with Crippen molar-refractivity contribution >= 4 is 11.6 Å². The third-order valence-corrected chi connectivity index (χ3v) is 3.08. The SMILES string of the molecule is Cc1ccc(C(C)n2c(=O)cc(Cl)[nH]c2=O)cc1. The Balaban J connectivity index is 2.53. The molecule has 94 valence electrons. The van der Waals surface area contributed by atoms with Crippen LogP contribution in [-0.2, 0) is 0 Å². The number of aromatic nitrogens is 2. The summed E-state index contributed by atoms with van der Waals surface area (Å²) in [6, 6.07) is 8.57. The van der Waals surface area contributed by atoms with Crippen molar-refractivity contribution in [1.29, 1.82) is 0 Å². The van der Waals surface area contributed by atoms with E-state index >= 15 is 0 Å². The van der Waals surface area contributed by atoms with Crippen LogP contribution in [0.1, 0.15) is 24.1 Å². The van der Waals surface area contributed by atoms with Gasteiger partial charge in [0.1, 0.15) is 5.15 Å². The van der Waals surface area contributed by atoms with Crippen LogP contribution >= 0.6 is 11.6 Å². The first-order valence-corrected chi connectivity index (χ1v) is 5.95. The molecule has 1 heterocycles. The summed E-state index contributed by atoms with van der Waals surface area (Å²) in [5.74, 6) is 0. The molecule has 0 aliphatic carbocycles. The summed E-state index contributed by atoms with van der Waals surface area (Å²) in [6.07, 6.45) is 0. The molecule has 0 aliphatic rings. The van der Waals surface area contributed by atoms with Crippen LogP contribution in [0.4, 0.5) is 0 Å². The first-order chi connectivity index (χ1) is 8.49. The van der Waals surface area contributed by atoms with Crippen molar-refractivity contribution in [1.82, 2.24) is 9.55 Å². The van der Waals surface area contributed by atoms with E-state index in [4.69, 9.17) is 11.6 Å². The highest BCUT2D eigenvalue weighted by molar-refractivity contribution is 6.29. The molecule has 0 amide bonds. The van der Waals surface area contributed by atoms with Gasteiger partial charge in [0.25, 0.3) is 5.56 Å². The van der Waals surface area contributed by atoms with Crippen LogP contribution in [0.5, 0.6) is 0 Å². The number of nitrogens with one attached hydrogen (secondary N) is 1. The number of hydrogen-bond acceptors (Lipinski definition) is 2. The predicted octanol–water partition coefficient (Wildman–Crippen LogP) is 2.11. The monoisotopic (exact) mass is 264 g/mol. The molecule has 1 atom stereocenters. The first kappa shape index (κ1) is 12.6. The van der Waals surface area contributed by atoms with E-state index < -0.39 is 11.2 Å². The predicted molar refractivity (Wildman–Crippen MR) is 71.3 cm³/mol. The fourth-order valence-corrected chi connectivity index (χ4v) is 2.01. The Kier molecular flexibility index (Phi) is 3.39.